The molecule has 15 heavy (non-hydrogen) atoms. The second kappa shape index (κ2) is 5.15. The zero-order valence-electron chi connectivity index (χ0n) is 8.57. The predicted octanol–water partition coefficient (Wildman–Crippen LogP) is 2.47. The second-order valence-corrected chi connectivity index (χ2v) is 4.23. The van der Waals surface area contributed by atoms with Gasteiger partial charge in [-0.2, -0.15) is 5.26 Å². The van der Waals surface area contributed by atoms with E-state index in [1.807, 2.05) is 6.07 Å². The largest absolute Gasteiger partial charge is 0.487 e. The van der Waals surface area contributed by atoms with Gasteiger partial charge in [0, 0.05) is 4.47 Å². The minimum atomic E-state index is -0.569. The fourth-order valence-corrected chi connectivity index (χ4v) is 1.35. The number of nitriles is 1. The molecular formula is C11H12BrNO2. The van der Waals surface area contributed by atoms with Crippen LogP contribution in [0.3, 0.4) is 0 Å². The molecule has 1 N–H and O–H groups in total. The van der Waals surface area contributed by atoms with E-state index in [1.54, 1.807) is 32.0 Å². The third-order valence-electron chi connectivity index (χ3n) is 2.05. The van der Waals surface area contributed by atoms with Crippen LogP contribution in [0.2, 0.25) is 0 Å². The standard InChI is InChI=1S/C11H12BrNO2/c1-7(14)8(2)15-11-4-3-10(12)5-9(11)6-13/h3-5,7-8,14H,1-2H3. The number of hydrogen-bond donors (Lipinski definition) is 1. The lowest BCUT2D eigenvalue weighted by molar-refractivity contribution is 0.0602. The van der Waals surface area contributed by atoms with Crippen LogP contribution in [0, 0.1) is 11.3 Å². The van der Waals surface area contributed by atoms with Crippen LogP contribution in [0.5, 0.6) is 5.75 Å². The Morgan fingerprint density at radius 3 is 2.67 bits per heavy atom. The summed E-state index contributed by atoms with van der Waals surface area (Å²) in [5.74, 6) is 0.495. The summed E-state index contributed by atoms with van der Waals surface area (Å²) in [6.45, 7) is 3.41. The molecule has 0 heterocycles. The summed E-state index contributed by atoms with van der Waals surface area (Å²) in [5.41, 5.74) is 0.455. The smallest absolute Gasteiger partial charge is 0.137 e. The van der Waals surface area contributed by atoms with Gasteiger partial charge in [0.25, 0.3) is 0 Å². The Hall–Kier alpha value is -1.05. The average molecular weight is 270 g/mol. The van der Waals surface area contributed by atoms with Gasteiger partial charge in [-0.3, -0.25) is 0 Å². The lowest BCUT2D eigenvalue weighted by atomic mass is 10.2. The molecule has 0 aliphatic rings. The number of aliphatic hydroxyl groups is 1. The number of nitrogens with zero attached hydrogens (tertiary/aromatic N) is 1. The lowest BCUT2D eigenvalue weighted by Gasteiger charge is -2.17. The van der Waals surface area contributed by atoms with Crippen molar-refractivity contribution in [2.24, 2.45) is 0 Å². The van der Waals surface area contributed by atoms with Crippen molar-refractivity contribution in [3.05, 3.63) is 28.2 Å². The average Bonchev–Trinajstić information content (AvgIpc) is 2.20. The number of benzene rings is 1. The van der Waals surface area contributed by atoms with Crippen LogP contribution in [0.25, 0.3) is 0 Å². The highest BCUT2D eigenvalue weighted by molar-refractivity contribution is 9.10. The first-order valence-electron chi connectivity index (χ1n) is 4.59. The number of ether oxygens (including phenoxy) is 1. The maximum absolute atomic E-state index is 9.28. The van der Waals surface area contributed by atoms with Gasteiger partial charge in [0.05, 0.1) is 11.7 Å². The number of rotatable bonds is 3. The van der Waals surface area contributed by atoms with Crippen LogP contribution in [-0.2, 0) is 0 Å². The van der Waals surface area contributed by atoms with Crippen LogP contribution >= 0.6 is 15.9 Å². The van der Waals surface area contributed by atoms with Crippen molar-refractivity contribution in [2.75, 3.05) is 0 Å². The fourth-order valence-electron chi connectivity index (χ4n) is 0.991. The summed E-state index contributed by atoms with van der Waals surface area (Å²) in [7, 11) is 0. The summed E-state index contributed by atoms with van der Waals surface area (Å²) >= 11 is 3.28. The van der Waals surface area contributed by atoms with Crippen molar-refractivity contribution in [1.29, 1.82) is 5.26 Å². The topological polar surface area (TPSA) is 53.2 Å². The Bertz CT molecular complexity index is 385. The monoisotopic (exact) mass is 269 g/mol. The molecule has 80 valence electrons. The van der Waals surface area contributed by atoms with Crippen LogP contribution in [0.1, 0.15) is 19.4 Å². The normalized spacial score (nSPS) is 14.1. The van der Waals surface area contributed by atoms with E-state index in [0.29, 0.717) is 11.3 Å². The van der Waals surface area contributed by atoms with Crippen molar-refractivity contribution in [3.63, 3.8) is 0 Å². The van der Waals surface area contributed by atoms with Gasteiger partial charge in [0.2, 0.25) is 0 Å². The molecule has 1 aromatic carbocycles. The van der Waals surface area contributed by atoms with Gasteiger partial charge in [-0.1, -0.05) is 15.9 Å². The molecule has 0 aliphatic carbocycles. The van der Waals surface area contributed by atoms with E-state index in [0.717, 1.165) is 4.47 Å². The van der Waals surface area contributed by atoms with Crippen LogP contribution in [0.15, 0.2) is 22.7 Å². The Kier molecular flexibility index (Phi) is 4.13. The zero-order chi connectivity index (χ0) is 11.4. The summed E-state index contributed by atoms with van der Waals surface area (Å²) in [5, 5.41) is 18.2. The third kappa shape index (κ3) is 3.22. The molecule has 0 amide bonds. The SMILES string of the molecule is CC(O)C(C)Oc1ccc(Br)cc1C#N. The molecule has 0 saturated carbocycles. The molecule has 3 nitrogen and oxygen atoms in total. The molecule has 1 aromatic rings. The molecule has 4 heteroatoms. The third-order valence-corrected chi connectivity index (χ3v) is 2.55. The van der Waals surface area contributed by atoms with Crippen molar-refractivity contribution >= 4 is 15.9 Å². The molecule has 0 aliphatic heterocycles. The van der Waals surface area contributed by atoms with Crippen LogP contribution < -0.4 is 4.74 Å². The van der Waals surface area contributed by atoms with E-state index in [4.69, 9.17) is 10.00 Å². The molecule has 0 aromatic heterocycles. The summed E-state index contributed by atoms with van der Waals surface area (Å²) in [6.07, 6.45) is -0.904. The van der Waals surface area contributed by atoms with Gasteiger partial charge >= 0.3 is 0 Å². The molecule has 2 unspecified atom stereocenters. The van der Waals surface area contributed by atoms with Crippen molar-refractivity contribution < 1.29 is 9.84 Å². The van der Waals surface area contributed by atoms with E-state index in [-0.39, 0.29) is 6.10 Å². The Morgan fingerprint density at radius 2 is 2.13 bits per heavy atom. The Balaban J connectivity index is 2.91. The van der Waals surface area contributed by atoms with E-state index >= 15 is 0 Å². The molecule has 0 radical (unpaired) electrons. The van der Waals surface area contributed by atoms with E-state index < -0.39 is 6.10 Å². The Morgan fingerprint density at radius 1 is 1.47 bits per heavy atom. The number of aliphatic hydroxyl groups excluding tert-OH is 1. The zero-order valence-corrected chi connectivity index (χ0v) is 10.2. The van der Waals surface area contributed by atoms with Gasteiger partial charge in [-0.05, 0) is 32.0 Å². The highest BCUT2D eigenvalue weighted by atomic mass is 79.9. The Labute approximate surface area is 97.4 Å². The molecule has 1 rings (SSSR count). The van der Waals surface area contributed by atoms with Crippen molar-refractivity contribution in [1.82, 2.24) is 0 Å². The molecule has 2 atom stereocenters. The highest BCUT2D eigenvalue weighted by Gasteiger charge is 2.12. The lowest BCUT2D eigenvalue weighted by Crippen LogP contribution is -2.25. The van der Waals surface area contributed by atoms with Gasteiger partial charge in [-0.25, -0.2) is 0 Å². The van der Waals surface area contributed by atoms with E-state index in [2.05, 4.69) is 15.9 Å². The fraction of sp³-hybridized carbons (Fsp3) is 0.364. The quantitative estimate of drug-likeness (QED) is 0.917. The molecule has 0 spiro atoms. The summed E-state index contributed by atoms with van der Waals surface area (Å²) < 4.78 is 6.29. The summed E-state index contributed by atoms with van der Waals surface area (Å²) in [6, 6.07) is 7.24. The maximum Gasteiger partial charge on any atom is 0.137 e. The van der Waals surface area contributed by atoms with Crippen molar-refractivity contribution in [2.45, 2.75) is 26.1 Å². The number of halogens is 1. The van der Waals surface area contributed by atoms with Gasteiger partial charge in [-0.15, -0.1) is 0 Å². The molecular weight excluding hydrogens is 258 g/mol. The predicted molar refractivity (Wildman–Crippen MR) is 60.6 cm³/mol. The van der Waals surface area contributed by atoms with Gasteiger partial charge in [0.15, 0.2) is 0 Å². The van der Waals surface area contributed by atoms with E-state index in [1.165, 1.54) is 0 Å². The van der Waals surface area contributed by atoms with Gasteiger partial charge < -0.3 is 9.84 Å². The molecule has 0 bridgehead atoms. The summed E-state index contributed by atoms with van der Waals surface area (Å²) in [4.78, 5) is 0. The molecule has 0 saturated heterocycles. The first-order chi connectivity index (χ1) is 7.04. The molecule has 0 fully saturated rings. The van der Waals surface area contributed by atoms with E-state index in [9.17, 15) is 5.11 Å². The maximum atomic E-state index is 9.28. The van der Waals surface area contributed by atoms with Gasteiger partial charge in [0.1, 0.15) is 17.9 Å². The second-order valence-electron chi connectivity index (χ2n) is 3.32. The van der Waals surface area contributed by atoms with Crippen LogP contribution in [0.4, 0.5) is 0 Å². The highest BCUT2D eigenvalue weighted by Crippen LogP contribution is 2.23. The minimum absolute atomic E-state index is 0.335. The first kappa shape index (κ1) is 12.0. The van der Waals surface area contributed by atoms with Crippen molar-refractivity contribution in [3.8, 4) is 11.8 Å². The minimum Gasteiger partial charge on any atom is -0.487 e. The van der Waals surface area contributed by atoms with Crippen LogP contribution in [-0.4, -0.2) is 17.3 Å². The first-order valence-corrected chi connectivity index (χ1v) is 5.38. The number of hydrogen-bond acceptors (Lipinski definition) is 3.